The first-order chi connectivity index (χ1) is 16.9. The van der Waals surface area contributed by atoms with Crippen molar-refractivity contribution in [2.45, 2.75) is 0 Å². The van der Waals surface area contributed by atoms with Gasteiger partial charge in [-0.25, -0.2) is 5.01 Å². The first kappa shape index (κ1) is 23.2. The zero-order chi connectivity index (χ0) is 26.6. The van der Waals surface area contributed by atoms with Crippen LogP contribution in [0.5, 0.6) is 0 Å². The van der Waals surface area contributed by atoms with Crippen molar-refractivity contribution in [3.05, 3.63) is 56.1 Å². The number of carbonyl (C=O) groups excluding carboxylic acids is 6. The second kappa shape index (κ2) is 7.83. The van der Waals surface area contributed by atoms with Crippen LogP contribution in [0, 0.1) is 0 Å². The Morgan fingerprint density at radius 2 is 1.28 bits per heavy atom. The molecule has 0 bridgehead atoms. The Kier molecular flexibility index (Phi) is 5.05. The third kappa shape index (κ3) is 3.05. The predicted molar refractivity (Wildman–Crippen MR) is 114 cm³/mol. The van der Waals surface area contributed by atoms with E-state index in [0.717, 1.165) is 11.2 Å². The predicted octanol–water partition coefficient (Wildman–Crippen LogP) is -5.16. The number of primary amides is 6. The van der Waals surface area contributed by atoms with Gasteiger partial charge in [-0.2, -0.15) is 0 Å². The van der Waals surface area contributed by atoms with E-state index in [4.69, 9.17) is 34.4 Å². The number of nitrogens with two attached hydrogens (primary N) is 6. The molecular formula is C18H14N12O6. The summed E-state index contributed by atoms with van der Waals surface area (Å²) >= 11 is 0. The van der Waals surface area contributed by atoms with E-state index in [1.807, 2.05) is 0 Å². The van der Waals surface area contributed by atoms with Gasteiger partial charge in [-0.05, 0) is 27.8 Å². The van der Waals surface area contributed by atoms with Crippen molar-refractivity contribution in [3.63, 3.8) is 0 Å². The fourth-order valence-corrected chi connectivity index (χ4v) is 4.05. The van der Waals surface area contributed by atoms with Crippen molar-refractivity contribution in [1.29, 1.82) is 0 Å². The van der Waals surface area contributed by atoms with Crippen LogP contribution in [0.2, 0.25) is 0 Å². The van der Waals surface area contributed by atoms with Gasteiger partial charge in [-0.15, -0.1) is 10.2 Å². The molecule has 0 aromatic heterocycles. The first-order valence-corrected chi connectivity index (χ1v) is 9.51. The summed E-state index contributed by atoms with van der Waals surface area (Å²) in [7, 11) is 0. The summed E-state index contributed by atoms with van der Waals surface area (Å²) in [6, 6.07) is 2.38. The molecule has 18 heteroatoms. The summed E-state index contributed by atoms with van der Waals surface area (Å²) in [4.78, 5) is 75.0. The molecule has 3 heterocycles. The van der Waals surface area contributed by atoms with Crippen molar-refractivity contribution < 1.29 is 28.8 Å². The Bertz CT molecular complexity index is 1610. The van der Waals surface area contributed by atoms with E-state index in [1.54, 1.807) is 0 Å². The van der Waals surface area contributed by atoms with Crippen LogP contribution >= 0.6 is 0 Å². The van der Waals surface area contributed by atoms with Crippen LogP contribution in [0.25, 0.3) is 11.5 Å². The molecule has 0 aliphatic carbocycles. The lowest BCUT2D eigenvalue weighted by Crippen LogP contribution is -2.56. The average Bonchev–Trinajstić information content (AvgIpc) is 2.80. The largest absolute Gasteiger partial charge is 0.366 e. The number of carbonyl (C=O) groups is 6. The molecule has 0 saturated heterocycles. The molecule has 36 heavy (non-hydrogen) atoms. The highest BCUT2D eigenvalue weighted by Crippen LogP contribution is 2.39. The molecule has 182 valence electrons. The highest BCUT2D eigenvalue weighted by Gasteiger charge is 2.46. The minimum absolute atomic E-state index is 0.0450. The van der Waals surface area contributed by atoms with Gasteiger partial charge in [0.1, 0.15) is 5.70 Å². The van der Waals surface area contributed by atoms with Gasteiger partial charge in [0.2, 0.25) is 23.5 Å². The summed E-state index contributed by atoms with van der Waals surface area (Å²) in [5.74, 6) is -8.10. The molecule has 4 rings (SSSR count). The van der Waals surface area contributed by atoms with E-state index < -0.39 is 74.7 Å². The molecule has 0 atom stereocenters. The normalized spacial score (nSPS) is 15.9. The van der Waals surface area contributed by atoms with Crippen LogP contribution in [0.3, 0.4) is 0 Å². The molecular weight excluding hydrogens is 480 g/mol. The molecule has 0 radical (unpaired) electrons. The smallest absolute Gasteiger partial charge is 0.268 e. The third-order valence-electron chi connectivity index (χ3n) is 5.25. The Morgan fingerprint density at radius 1 is 0.667 bits per heavy atom. The van der Waals surface area contributed by atoms with E-state index in [0.29, 0.717) is 5.01 Å². The lowest BCUT2D eigenvalue weighted by Gasteiger charge is -2.41. The molecule has 12 N–H and O–H groups in total. The Balaban J connectivity index is 2.47. The Morgan fingerprint density at radius 3 is 1.78 bits per heavy atom. The van der Waals surface area contributed by atoms with E-state index in [1.165, 1.54) is 6.07 Å². The summed E-state index contributed by atoms with van der Waals surface area (Å²) < 4.78 is 0. The lowest BCUT2D eigenvalue weighted by atomic mass is 9.86. The maximum absolute atomic E-state index is 12.7. The van der Waals surface area contributed by atoms with Gasteiger partial charge in [-0.3, -0.25) is 28.8 Å². The fourth-order valence-electron chi connectivity index (χ4n) is 4.05. The summed E-state index contributed by atoms with van der Waals surface area (Å²) in [5, 5.41) is 15.4. The number of benzene rings is 1. The monoisotopic (exact) mass is 494 g/mol. The minimum Gasteiger partial charge on any atom is -0.366 e. The number of hydrogen-bond acceptors (Lipinski definition) is 12. The summed E-state index contributed by atoms with van der Waals surface area (Å²) in [6.45, 7) is 0. The highest BCUT2D eigenvalue weighted by molar-refractivity contribution is 6.24. The SMILES string of the molecule is NC(=O)C1=C(C(N)=O)C2=c3c(C(N)=O)c(C(N)=O)ccc3=C3N=NN=NN3N2C(C(N)=O)=C1C(N)=O. The first-order valence-electron chi connectivity index (χ1n) is 9.51. The number of fused-ring (bicyclic) bond motifs is 4. The third-order valence-corrected chi connectivity index (χ3v) is 5.25. The van der Waals surface area contributed by atoms with Crippen molar-refractivity contribution in [2.24, 2.45) is 55.2 Å². The van der Waals surface area contributed by atoms with Crippen molar-refractivity contribution >= 4 is 47.0 Å². The number of nitrogens with zero attached hydrogens (tertiary/aromatic N) is 6. The van der Waals surface area contributed by atoms with Gasteiger partial charge in [0, 0.05) is 10.4 Å². The molecule has 18 nitrogen and oxygen atoms in total. The Hall–Kier alpha value is -5.94. The van der Waals surface area contributed by atoms with Gasteiger partial charge in [0.15, 0.2) is 0 Å². The van der Waals surface area contributed by atoms with Crippen LogP contribution in [-0.4, -0.2) is 45.6 Å². The molecule has 0 fully saturated rings. The maximum atomic E-state index is 12.7. The van der Waals surface area contributed by atoms with Crippen molar-refractivity contribution in [3.8, 4) is 0 Å². The van der Waals surface area contributed by atoms with Crippen LogP contribution in [0.1, 0.15) is 20.7 Å². The van der Waals surface area contributed by atoms with E-state index in [-0.39, 0.29) is 16.3 Å². The molecule has 1 aromatic carbocycles. The number of hydrogen-bond donors (Lipinski definition) is 6. The lowest BCUT2D eigenvalue weighted by molar-refractivity contribution is -0.120. The Labute approximate surface area is 197 Å². The zero-order valence-electron chi connectivity index (χ0n) is 17.8. The standard InChI is InChI=1S/C18H14N12O6/c19-12(31)3-1-2-4-5(6(3)13(20)32)10-8(15(22)34)7(14(21)33)9(16(23)35)11(17(24)36)29(10)30-18(4)25-26-27-28-30/h1-2H,(H2,19,31)(H2,20,32)(H2,21,33)(H2,22,34)(H2,23,35)(H2,24,36). The van der Waals surface area contributed by atoms with E-state index in [2.05, 4.69) is 20.8 Å². The number of rotatable bonds is 6. The minimum atomic E-state index is -1.41. The topological polar surface area (TPSA) is 314 Å². The van der Waals surface area contributed by atoms with Gasteiger partial charge < -0.3 is 34.4 Å². The second-order valence-corrected chi connectivity index (χ2v) is 7.21. The van der Waals surface area contributed by atoms with Gasteiger partial charge in [0.05, 0.1) is 33.5 Å². The van der Waals surface area contributed by atoms with Gasteiger partial charge in [-0.1, -0.05) is 0 Å². The quantitative estimate of drug-likeness (QED) is 0.221. The molecule has 1 aromatic rings. The molecule has 6 amide bonds. The van der Waals surface area contributed by atoms with Gasteiger partial charge in [0.25, 0.3) is 17.7 Å². The fraction of sp³-hybridized carbons (Fsp3) is 0. The number of amides is 6. The molecule has 3 aliphatic rings. The summed E-state index contributed by atoms with van der Waals surface area (Å²) in [5.41, 5.74) is 28.0. The molecule has 0 spiro atoms. The average molecular weight is 494 g/mol. The maximum Gasteiger partial charge on any atom is 0.268 e. The van der Waals surface area contributed by atoms with E-state index in [9.17, 15) is 28.8 Å². The van der Waals surface area contributed by atoms with Crippen molar-refractivity contribution in [1.82, 2.24) is 10.1 Å². The van der Waals surface area contributed by atoms with Crippen LogP contribution < -0.4 is 44.8 Å². The number of hydrazine groups is 1. The van der Waals surface area contributed by atoms with E-state index >= 15 is 0 Å². The van der Waals surface area contributed by atoms with Crippen LogP contribution in [-0.2, 0) is 19.2 Å². The van der Waals surface area contributed by atoms with Crippen LogP contribution in [0.15, 0.2) is 55.3 Å². The molecule has 3 aliphatic heterocycles. The van der Waals surface area contributed by atoms with Gasteiger partial charge >= 0.3 is 0 Å². The van der Waals surface area contributed by atoms with Crippen molar-refractivity contribution in [2.75, 3.05) is 0 Å². The zero-order valence-corrected chi connectivity index (χ0v) is 17.8. The summed E-state index contributed by atoms with van der Waals surface area (Å²) in [6.07, 6.45) is 0. The van der Waals surface area contributed by atoms with Crippen LogP contribution in [0.4, 0.5) is 0 Å². The highest BCUT2D eigenvalue weighted by atomic mass is 16.2. The molecule has 0 unspecified atom stereocenters. The second-order valence-electron chi connectivity index (χ2n) is 7.21. The molecule has 0 saturated carbocycles.